The molecule has 2 aromatic rings. The van der Waals surface area contributed by atoms with Gasteiger partial charge in [-0.3, -0.25) is 13.9 Å². The molecule has 1 fully saturated rings. The van der Waals surface area contributed by atoms with Crippen LogP contribution in [0.3, 0.4) is 0 Å². The average molecular weight is 378 g/mol. The standard InChI is InChI=1S/C19H27N3O3S/c1-19(2)11-14-13(12-25-19)15-16(26-14)17(23)20(3)18(24)22(15)10-9-21-7-5-4-6-8-21/h4-12H2,1-3H3. The molecule has 0 bridgehead atoms. The third kappa shape index (κ3) is 3.06. The molecule has 142 valence electrons. The Labute approximate surface area is 157 Å². The van der Waals surface area contributed by atoms with Crippen LogP contribution in [-0.2, 0) is 31.4 Å². The van der Waals surface area contributed by atoms with Crippen LogP contribution in [0.15, 0.2) is 9.59 Å². The highest BCUT2D eigenvalue weighted by molar-refractivity contribution is 7.19. The third-order valence-corrected chi connectivity index (χ3v) is 6.84. The maximum atomic E-state index is 12.9. The molecule has 0 N–H and O–H groups in total. The number of hydrogen-bond donors (Lipinski definition) is 0. The predicted molar refractivity (Wildman–Crippen MR) is 104 cm³/mol. The zero-order valence-corrected chi connectivity index (χ0v) is 16.7. The quantitative estimate of drug-likeness (QED) is 0.822. The van der Waals surface area contributed by atoms with E-state index in [-0.39, 0.29) is 16.9 Å². The normalized spacial score (nSPS) is 20.4. The van der Waals surface area contributed by atoms with Crippen molar-refractivity contribution in [3.63, 3.8) is 0 Å². The number of ether oxygens (including phenoxy) is 1. The van der Waals surface area contributed by atoms with Gasteiger partial charge in [-0.05, 0) is 39.8 Å². The van der Waals surface area contributed by atoms with Gasteiger partial charge in [0.2, 0.25) is 0 Å². The van der Waals surface area contributed by atoms with Gasteiger partial charge in [0.05, 0.1) is 17.7 Å². The number of piperidine rings is 1. The summed E-state index contributed by atoms with van der Waals surface area (Å²) in [6.07, 6.45) is 4.54. The first-order valence-corrected chi connectivity index (χ1v) is 10.3. The highest BCUT2D eigenvalue weighted by Crippen LogP contribution is 2.37. The Morgan fingerprint density at radius 3 is 2.58 bits per heavy atom. The lowest BCUT2D eigenvalue weighted by atomic mass is 9.98. The summed E-state index contributed by atoms with van der Waals surface area (Å²) in [5.41, 5.74) is 1.22. The molecule has 0 aromatic carbocycles. The Morgan fingerprint density at radius 2 is 1.85 bits per heavy atom. The molecule has 0 spiro atoms. The SMILES string of the molecule is Cn1c(=O)c2sc3c(c2n(CCN2CCCCC2)c1=O)COC(C)(C)C3. The summed E-state index contributed by atoms with van der Waals surface area (Å²) in [4.78, 5) is 29.2. The smallest absolute Gasteiger partial charge is 0.331 e. The zero-order chi connectivity index (χ0) is 18.5. The van der Waals surface area contributed by atoms with Gasteiger partial charge in [-0.15, -0.1) is 11.3 Å². The first-order chi connectivity index (χ1) is 12.4. The minimum absolute atomic E-state index is 0.184. The first-order valence-electron chi connectivity index (χ1n) is 9.48. The molecule has 1 saturated heterocycles. The molecule has 26 heavy (non-hydrogen) atoms. The molecule has 0 radical (unpaired) electrons. The van der Waals surface area contributed by atoms with Crippen LogP contribution in [0.4, 0.5) is 0 Å². The summed E-state index contributed by atoms with van der Waals surface area (Å²) in [5, 5.41) is 0. The molecule has 0 aliphatic carbocycles. The Kier molecular flexibility index (Phi) is 4.57. The van der Waals surface area contributed by atoms with Crippen molar-refractivity contribution in [2.75, 3.05) is 19.6 Å². The summed E-state index contributed by atoms with van der Waals surface area (Å²) < 4.78 is 9.75. The minimum Gasteiger partial charge on any atom is -0.370 e. The second kappa shape index (κ2) is 6.62. The van der Waals surface area contributed by atoms with Gasteiger partial charge in [0, 0.05) is 37.0 Å². The minimum atomic E-state index is -0.224. The number of thiophene rings is 1. The van der Waals surface area contributed by atoms with Crippen molar-refractivity contribution in [3.05, 3.63) is 31.3 Å². The fraction of sp³-hybridized carbons (Fsp3) is 0.684. The lowest BCUT2D eigenvalue weighted by molar-refractivity contribution is -0.0384. The average Bonchev–Trinajstić information content (AvgIpc) is 2.98. The van der Waals surface area contributed by atoms with E-state index in [1.54, 1.807) is 18.4 Å². The van der Waals surface area contributed by atoms with Gasteiger partial charge < -0.3 is 9.64 Å². The predicted octanol–water partition coefficient (Wildman–Crippen LogP) is 2.10. The molecule has 0 atom stereocenters. The van der Waals surface area contributed by atoms with Crippen molar-refractivity contribution in [1.29, 1.82) is 0 Å². The molecule has 2 aliphatic rings. The van der Waals surface area contributed by atoms with Crippen LogP contribution < -0.4 is 11.2 Å². The molecule has 2 aliphatic heterocycles. The van der Waals surface area contributed by atoms with Crippen molar-refractivity contribution in [2.45, 2.75) is 58.3 Å². The third-order valence-electron chi connectivity index (χ3n) is 5.63. The van der Waals surface area contributed by atoms with Gasteiger partial charge >= 0.3 is 5.69 Å². The maximum absolute atomic E-state index is 12.9. The molecule has 6 nitrogen and oxygen atoms in total. The Hall–Kier alpha value is -1.44. The zero-order valence-electron chi connectivity index (χ0n) is 15.8. The van der Waals surface area contributed by atoms with Crippen molar-refractivity contribution in [3.8, 4) is 0 Å². The highest BCUT2D eigenvalue weighted by Gasteiger charge is 2.31. The molecular formula is C19H27N3O3S. The van der Waals surface area contributed by atoms with E-state index in [0.717, 1.165) is 37.1 Å². The molecule has 0 saturated carbocycles. The summed E-state index contributed by atoms with van der Waals surface area (Å²) in [6.45, 7) is 8.29. The van der Waals surface area contributed by atoms with Crippen LogP contribution in [0.2, 0.25) is 0 Å². The van der Waals surface area contributed by atoms with Crippen LogP contribution in [-0.4, -0.2) is 39.3 Å². The van der Waals surface area contributed by atoms with Crippen LogP contribution in [0, 0.1) is 0 Å². The Morgan fingerprint density at radius 1 is 1.12 bits per heavy atom. The van der Waals surface area contributed by atoms with Crippen LogP contribution in [0.25, 0.3) is 10.2 Å². The first kappa shape index (κ1) is 17.9. The molecule has 7 heteroatoms. The fourth-order valence-corrected chi connectivity index (χ4v) is 5.58. The van der Waals surface area contributed by atoms with Crippen LogP contribution in [0.5, 0.6) is 0 Å². The van der Waals surface area contributed by atoms with Gasteiger partial charge in [0.1, 0.15) is 4.70 Å². The van der Waals surface area contributed by atoms with Crippen molar-refractivity contribution < 1.29 is 4.74 Å². The van der Waals surface area contributed by atoms with Gasteiger partial charge in [-0.1, -0.05) is 6.42 Å². The Balaban J connectivity index is 1.79. The van der Waals surface area contributed by atoms with E-state index in [0.29, 0.717) is 17.9 Å². The molecular weight excluding hydrogens is 350 g/mol. The lowest BCUT2D eigenvalue weighted by Gasteiger charge is -2.30. The molecule has 4 heterocycles. The summed E-state index contributed by atoms with van der Waals surface area (Å²) >= 11 is 1.54. The molecule has 0 amide bonds. The Bertz CT molecular complexity index is 948. The largest absolute Gasteiger partial charge is 0.370 e. The van der Waals surface area contributed by atoms with E-state index in [4.69, 9.17) is 4.74 Å². The van der Waals surface area contributed by atoms with Gasteiger partial charge in [0.25, 0.3) is 5.56 Å². The van der Waals surface area contributed by atoms with E-state index in [9.17, 15) is 9.59 Å². The van der Waals surface area contributed by atoms with Crippen molar-refractivity contribution in [1.82, 2.24) is 14.0 Å². The van der Waals surface area contributed by atoms with Crippen LogP contribution in [0.1, 0.15) is 43.6 Å². The van der Waals surface area contributed by atoms with E-state index < -0.39 is 0 Å². The summed E-state index contributed by atoms with van der Waals surface area (Å²) in [7, 11) is 1.58. The van der Waals surface area contributed by atoms with E-state index >= 15 is 0 Å². The van der Waals surface area contributed by atoms with Crippen molar-refractivity contribution in [2.24, 2.45) is 7.05 Å². The second-order valence-corrected chi connectivity index (χ2v) is 9.21. The van der Waals surface area contributed by atoms with E-state index in [2.05, 4.69) is 18.7 Å². The van der Waals surface area contributed by atoms with Crippen molar-refractivity contribution >= 4 is 21.6 Å². The molecule has 4 rings (SSSR count). The van der Waals surface area contributed by atoms with Gasteiger partial charge in [-0.25, -0.2) is 4.79 Å². The maximum Gasteiger partial charge on any atom is 0.331 e. The summed E-state index contributed by atoms with van der Waals surface area (Å²) in [6, 6.07) is 0. The highest BCUT2D eigenvalue weighted by atomic mass is 32.1. The number of hydrogen-bond acceptors (Lipinski definition) is 5. The van der Waals surface area contributed by atoms with E-state index in [1.165, 1.54) is 28.7 Å². The monoisotopic (exact) mass is 377 g/mol. The van der Waals surface area contributed by atoms with E-state index in [1.807, 2.05) is 4.57 Å². The number of nitrogens with zero attached hydrogens (tertiary/aromatic N) is 3. The summed E-state index contributed by atoms with van der Waals surface area (Å²) in [5.74, 6) is 0. The fourth-order valence-electron chi connectivity index (χ4n) is 4.08. The number of likely N-dealkylation sites (tertiary alicyclic amines) is 1. The van der Waals surface area contributed by atoms with Gasteiger partial charge in [0.15, 0.2) is 0 Å². The lowest BCUT2D eigenvalue weighted by Crippen LogP contribution is -2.41. The van der Waals surface area contributed by atoms with Gasteiger partial charge in [-0.2, -0.15) is 0 Å². The number of rotatable bonds is 3. The number of aromatic nitrogens is 2. The number of fused-ring (bicyclic) bond motifs is 3. The topological polar surface area (TPSA) is 56.5 Å². The second-order valence-electron chi connectivity index (χ2n) is 8.11. The molecule has 2 aromatic heterocycles. The molecule has 0 unspecified atom stereocenters. The van der Waals surface area contributed by atoms with Crippen LogP contribution >= 0.6 is 11.3 Å².